The van der Waals surface area contributed by atoms with E-state index in [-0.39, 0.29) is 44.6 Å². The van der Waals surface area contributed by atoms with Gasteiger partial charge in [0.2, 0.25) is 0 Å². The summed E-state index contributed by atoms with van der Waals surface area (Å²) in [4.78, 5) is 90.9. The average molecular weight is 979 g/mol. The van der Waals surface area contributed by atoms with Gasteiger partial charge in [0, 0.05) is 12.2 Å². The van der Waals surface area contributed by atoms with Gasteiger partial charge < -0.3 is 38.6 Å². The summed E-state index contributed by atoms with van der Waals surface area (Å²) >= 11 is 0. The molecular weight excluding hydrogens is 901 g/mol. The first-order valence-electron chi connectivity index (χ1n) is 25.1. The van der Waals surface area contributed by atoms with Crippen molar-refractivity contribution in [3.63, 3.8) is 0 Å². The van der Waals surface area contributed by atoms with Crippen LogP contribution in [0.25, 0.3) is 0 Å². The van der Waals surface area contributed by atoms with Gasteiger partial charge in [-0.3, -0.25) is 24.0 Å². The Bertz CT molecular complexity index is 1980. The summed E-state index contributed by atoms with van der Waals surface area (Å²) in [6.07, 6.45) is 13.2. The number of carbonyl (C=O) groups excluding carboxylic acids is 6. The molecular formula is C55H78O15. The first-order chi connectivity index (χ1) is 33.2. The van der Waals surface area contributed by atoms with E-state index in [9.17, 15) is 43.8 Å². The van der Waals surface area contributed by atoms with E-state index < -0.39 is 109 Å². The summed E-state index contributed by atoms with van der Waals surface area (Å²) in [5.74, 6) is -3.39. The molecule has 1 aromatic carbocycles. The number of carboxylic acids is 1. The molecule has 5 rings (SSSR count). The summed E-state index contributed by atoms with van der Waals surface area (Å²) in [6, 6.07) is 9.59. The van der Waals surface area contributed by atoms with E-state index in [1.807, 2.05) is 44.2 Å². The number of allylic oxidation sites excluding steroid dienone is 2. The molecule has 11 atom stereocenters. The number of ether oxygens (including phenoxy) is 6. The van der Waals surface area contributed by atoms with E-state index in [1.165, 1.54) is 37.5 Å². The molecule has 0 spiro atoms. The second-order valence-corrected chi connectivity index (χ2v) is 20.9. The maximum Gasteiger partial charge on any atom is 0.330 e. The van der Waals surface area contributed by atoms with Crippen LogP contribution in [0.4, 0.5) is 0 Å². The Balaban J connectivity index is 0.000000920. The number of rotatable bonds is 26. The number of hydrogen-bond acceptors (Lipinski definition) is 14. The largest absolute Gasteiger partial charge is 0.481 e. The minimum atomic E-state index is -1.62. The monoisotopic (exact) mass is 979 g/mol. The van der Waals surface area contributed by atoms with Gasteiger partial charge in [0.1, 0.15) is 32.5 Å². The van der Waals surface area contributed by atoms with E-state index >= 15 is 0 Å². The van der Waals surface area contributed by atoms with Crippen molar-refractivity contribution in [3.8, 4) is 0 Å². The van der Waals surface area contributed by atoms with Crippen LogP contribution in [0.2, 0.25) is 0 Å². The predicted octanol–water partition coefficient (Wildman–Crippen LogP) is 8.66. The Hall–Kier alpha value is -5.31. The number of carboxylic acid groups (broad SMARTS) is 1. The zero-order valence-corrected chi connectivity index (χ0v) is 42.2. The van der Waals surface area contributed by atoms with Crippen molar-refractivity contribution in [2.45, 2.75) is 143 Å². The molecule has 0 radical (unpaired) electrons. The fourth-order valence-corrected chi connectivity index (χ4v) is 11.4. The molecule has 2 bridgehead atoms. The summed E-state index contributed by atoms with van der Waals surface area (Å²) in [7, 11) is 0. The average Bonchev–Trinajstić information content (AvgIpc) is 4.12. The van der Waals surface area contributed by atoms with Crippen LogP contribution >= 0.6 is 0 Å². The van der Waals surface area contributed by atoms with E-state index in [4.69, 9.17) is 28.4 Å². The third kappa shape index (κ3) is 16.1. The topological polar surface area (TPSA) is 215 Å². The van der Waals surface area contributed by atoms with Crippen LogP contribution < -0.4 is 0 Å². The van der Waals surface area contributed by atoms with Gasteiger partial charge in [0.25, 0.3) is 0 Å². The fraction of sp³-hybridized carbons (Fsp3) is 0.655. The first kappa shape index (κ1) is 57.3. The third-order valence-electron chi connectivity index (χ3n) is 14.7. The highest BCUT2D eigenvalue weighted by molar-refractivity contribution is 5.84. The first-order valence-corrected chi connectivity index (χ1v) is 25.1. The standard InChI is InChI=1S/C45H62O15.C10H16/c1-9-22-55-41(53)44(7,23-30(10-2)31-18-14-13-15-19-31)29-45(8,42(54)58-25-32(46)24-56-36(47)11-3)28-43(5,6)40(52)59-27-33(26-57-37(48)12-4)60-39(51)35-21-17-16-20-34(35)38(49)50;1-2-9-7-4-5-8(6-7)10(9)3-1/h11-19,30,32-35,46H,3-4,9-10,20-29H2,1-2,5-8H3,(H,49,50);7-10H,1-6H2. The Kier molecular flexibility index (Phi) is 21.9. The van der Waals surface area contributed by atoms with Gasteiger partial charge >= 0.3 is 41.8 Å². The summed E-state index contributed by atoms with van der Waals surface area (Å²) in [6.45, 7) is 14.7. The van der Waals surface area contributed by atoms with E-state index in [0.717, 1.165) is 17.7 Å². The number of fused-ring (bicyclic) bond motifs is 5. The van der Waals surface area contributed by atoms with Gasteiger partial charge in [-0.25, -0.2) is 9.59 Å². The number of aliphatic hydroxyl groups is 1. The van der Waals surface area contributed by atoms with Crippen LogP contribution in [-0.4, -0.2) is 97.2 Å². The van der Waals surface area contributed by atoms with E-state index in [0.29, 0.717) is 12.8 Å². The molecule has 0 aliphatic heterocycles. The lowest BCUT2D eigenvalue weighted by molar-refractivity contribution is -0.177. The Morgan fingerprint density at radius 1 is 0.700 bits per heavy atom. The number of aliphatic hydroxyl groups excluding tert-OH is 1. The van der Waals surface area contributed by atoms with Crippen LogP contribution in [0, 0.1) is 51.8 Å². The van der Waals surface area contributed by atoms with Crippen molar-refractivity contribution in [3.05, 3.63) is 73.4 Å². The van der Waals surface area contributed by atoms with E-state index in [2.05, 4.69) is 13.2 Å². The normalized spacial score (nSPS) is 24.0. The van der Waals surface area contributed by atoms with Gasteiger partial charge in [0.05, 0.1) is 34.7 Å². The lowest BCUT2D eigenvalue weighted by atomic mass is 9.63. The lowest BCUT2D eigenvalue weighted by Gasteiger charge is -2.41. The molecule has 3 fully saturated rings. The molecule has 11 unspecified atom stereocenters. The predicted molar refractivity (Wildman–Crippen MR) is 259 cm³/mol. The number of aliphatic carboxylic acids is 1. The van der Waals surface area contributed by atoms with Gasteiger partial charge in [0.15, 0.2) is 6.10 Å². The van der Waals surface area contributed by atoms with Crippen molar-refractivity contribution >= 4 is 41.8 Å². The maximum atomic E-state index is 14.3. The van der Waals surface area contributed by atoms with Crippen LogP contribution in [0.3, 0.4) is 0 Å². The van der Waals surface area contributed by atoms with Crippen LogP contribution in [-0.2, 0) is 62.0 Å². The molecule has 0 saturated heterocycles. The number of carbonyl (C=O) groups is 7. The highest BCUT2D eigenvalue weighted by Crippen LogP contribution is 2.58. The van der Waals surface area contributed by atoms with Crippen LogP contribution in [0.15, 0.2) is 67.8 Å². The summed E-state index contributed by atoms with van der Waals surface area (Å²) < 4.78 is 32.5. The second kappa shape index (κ2) is 26.8. The van der Waals surface area contributed by atoms with E-state index in [1.54, 1.807) is 64.5 Å². The van der Waals surface area contributed by atoms with Crippen LogP contribution in [0.5, 0.6) is 0 Å². The minimum absolute atomic E-state index is 0.0999. The molecule has 15 nitrogen and oxygen atoms in total. The smallest absolute Gasteiger partial charge is 0.330 e. The number of hydrogen-bond donors (Lipinski definition) is 2. The summed E-state index contributed by atoms with van der Waals surface area (Å²) in [5, 5.41) is 20.2. The Morgan fingerprint density at radius 3 is 1.81 bits per heavy atom. The molecule has 3 saturated carbocycles. The number of esters is 6. The van der Waals surface area contributed by atoms with Gasteiger partial charge in [-0.1, -0.05) is 75.9 Å². The minimum Gasteiger partial charge on any atom is -0.481 e. The van der Waals surface area contributed by atoms with Crippen LogP contribution in [0.1, 0.15) is 136 Å². The number of benzene rings is 1. The zero-order chi connectivity index (χ0) is 51.6. The summed E-state index contributed by atoms with van der Waals surface area (Å²) in [5.41, 5.74) is -3.46. The van der Waals surface area contributed by atoms with Crippen molar-refractivity contribution in [2.75, 3.05) is 33.0 Å². The Morgan fingerprint density at radius 2 is 1.24 bits per heavy atom. The molecule has 70 heavy (non-hydrogen) atoms. The van der Waals surface area contributed by atoms with Gasteiger partial charge in [-0.15, -0.1) is 0 Å². The SMILES string of the molecule is C1CC2C3CCC(C3)C2C1.C=CC(=O)OCC(O)COC(=O)C(C)(CC(C)(C)C(=O)OCC(COC(=O)C=C)OC(=O)C1CC=CCC1C(=O)O)CC(C)(CC(CC)c1ccccc1)C(=O)OCCC. The van der Waals surface area contributed by atoms with Crippen molar-refractivity contribution in [1.82, 2.24) is 0 Å². The highest BCUT2D eigenvalue weighted by atomic mass is 16.6. The molecule has 1 aromatic rings. The van der Waals surface area contributed by atoms with Crippen molar-refractivity contribution < 1.29 is 72.2 Å². The molecule has 2 N–H and O–H groups in total. The van der Waals surface area contributed by atoms with Crippen molar-refractivity contribution in [1.29, 1.82) is 0 Å². The third-order valence-corrected chi connectivity index (χ3v) is 14.7. The highest BCUT2D eigenvalue weighted by Gasteiger charge is 2.52. The maximum absolute atomic E-state index is 14.3. The second-order valence-electron chi connectivity index (χ2n) is 20.9. The molecule has 0 aromatic heterocycles. The molecule has 388 valence electrons. The molecule has 0 heterocycles. The zero-order valence-electron chi connectivity index (χ0n) is 42.2. The quantitative estimate of drug-likeness (QED) is 0.0384. The molecule has 4 aliphatic carbocycles. The molecule has 4 aliphatic rings. The molecule has 15 heteroatoms. The Labute approximate surface area is 414 Å². The van der Waals surface area contributed by atoms with Gasteiger partial charge in [-0.05, 0) is 140 Å². The fourth-order valence-electron chi connectivity index (χ4n) is 11.4. The molecule has 0 amide bonds. The van der Waals surface area contributed by atoms with Crippen molar-refractivity contribution in [2.24, 2.45) is 51.8 Å². The lowest BCUT2D eigenvalue weighted by Crippen LogP contribution is -2.46. The van der Waals surface area contributed by atoms with Gasteiger partial charge in [-0.2, -0.15) is 0 Å².